The SMILES string of the molecule is COC(=O)/C=C/c1ccc(N(Cc2cc(C#N)ccc2F)C2CCN(C(=O)OC(C)(C)C)CC2)cc1. The summed E-state index contributed by atoms with van der Waals surface area (Å²) in [4.78, 5) is 27.7. The second-order valence-electron chi connectivity index (χ2n) is 9.69. The zero-order chi connectivity index (χ0) is 26.3. The van der Waals surface area contributed by atoms with Crippen molar-refractivity contribution in [2.24, 2.45) is 0 Å². The summed E-state index contributed by atoms with van der Waals surface area (Å²) in [5, 5.41) is 9.28. The number of likely N-dealkylation sites (tertiary alicyclic amines) is 1. The summed E-state index contributed by atoms with van der Waals surface area (Å²) in [6.07, 6.45) is 4.05. The van der Waals surface area contributed by atoms with Gasteiger partial charge in [0.15, 0.2) is 0 Å². The van der Waals surface area contributed by atoms with Crippen LogP contribution in [0.4, 0.5) is 14.9 Å². The average Bonchev–Trinajstić information content (AvgIpc) is 2.86. The molecule has 8 heteroatoms. The molecule has 0 bridgehead atoms. The van der Waals surface area contributed by atoms with Crippen LogP contribution in [0.1, 0.15) is 50.3 Å². The molecule has 1 heterocycles. The highest BCUT2D eigenvalue weighted by Crippen LogP contribution is 2.28. The minimum absolute atomic E-state index is 0.0466. The number of esters is 1. The van der Waals surface area contributed by atoms with Crippen molar-refractivity contribution in [3.63, 3.8) is 0 Å². The number of nitriles is 1. The maximum Gasteiger partial charge on any atom is 0.410 e. The van der Waals surface area contributed by atoms with Gasteiger partial charge in [-0.15, -0.1) is 0 Å². The van der Waals surface area contributed by atoms with Crippen LogP contribution in [0.3, 0.4) is 0 Å². The molecular formula is C28H32FN3O4. The minimum atomic E-state index is -0.562. The predicted octanol–water partition coefficient (Wildman–Crippen LogP) is 5.29. The summed E-state index contributed by atoms with van der Waals surface area (Å²) < 4.78 is 24.8. The Bertz CT molecular complexity index is 1140. The van der Waals surface area contributed by atoms with E-state index in [1.807, 2.05) is 45.0 Å². The van der Waals surface area contributed by atoms with Gasteiger partial charge < -0.3 is 19.3 Å². The number of anilines is 1. The van der Waals surface area contributed by atoms with Crippen LogP contribution in [0.15, 0.2) is 48.5 Å². The zero-order valence-corrected chi connectivity index (χ0v) is 21.2. The lowest BCUT2D eigenvalue weighted by molar-refractivity contribution is -0.134. The van der Waals surface area contributed by atoms with Crippen LogP contribution in [0.5, 0.6) is 0 Å². The van der Waals surface area contributed by atoms with Crippen LogP contribution in [0.2, 0.25) is 0 Å². The molecule has 2 aromatic rings. The molecule has 1 aliphatic rings. The number of methoxy groups -OCH3 is 1. The van der Waals surface area contributed by atoms with E-state index in [4.69, 9.17) is 4.74 Å². The first kappa shape index (κ1) is 26.7. The largest absolute Gasteiger partial charge is 0.466 e. The summed E-state index contributed by atoms with van der Waals surface area (Å²) >= 11 is 0. The number of rotatable bonds is 6. The Kier molecular flexibility index (Phi) is 8.70. The number of piperidine rings is 1. The van der Waals surface area contributed by atoms with Gasteiger partial charge in [0.25, 0.3) is 0 Å². The molecule has 1 amide bonds. The van der Waals surface area contributed by atoms with Crippen LogP contribution in [0.25, 0.3) is 6.08 Å². The second-order valence-corrected chi connectivity index (χ2v) is 9.69. The lowest BCUT2D eigenvalue weighted by Gasteiger charge is -2.40. The third-order valence-electron chi connectivity index (χ3n) is 5.91. The van der Waals surface area contributed by atoms with E-state index in [0.29, 0.717) is 37.1 Å². The van der Waals surface area contributed by atoms with Gasteiger partial charge in [0.2, 0.25) is 0 Å². The minimum Gasteiger partial charge on any atom is -0.466 e. The van der Waals surface area contributed by atoms with E-state index in [0.717, 1.165) is 11.3 Å². The molecular weight excluding hydrogens is 461 g/mol. The van der Waals surface area contributed by atoms with Crippen LogP contribution in [-0.2, 0) is 20.8 Å². The maximum atomic E-state index is 14.7. The van der Waals surface area contributed by atoms with Gasteiger partial charge in [0, 0.05) is 43.0 Å². The summed E-state index contributed by atoms with van der Waals surface area (Å²) in [7, 11) is 1.32. The van der Waals surface area contributed by atoms with Crippen molar-refractivity contribution in [2.75, 3.05) is 25.1 Å². The van der Waals surface area contributed by atoms with Crippen LogP contribution in [0, 0.1) is 17.1 Å². The maximum absolute atomic E-state index is 14.7. The quantitative estimate of drug-likeness (QED) is 0.402. The van der Waals surface area contributed by atoms with Crippen LogP contribution < -0.4 is 4.90 Å². The van der Waals surface area contributed by atoms with Gasteiger partial charge >= 0.3 is 12.1 Å². The summed E-state index contributed by atoms with van der Waals surface area (Å²) in [5.74, 6) is -0.812. The molecule has 0 unspecified atom stereocenters. The smallest absolute Gasteiger partial charge is 0.410 e. The highest BCUT2D eigenvalue weighted by molar-refractivity contribution is 5.87. The number of benzene rings is 2. The molecule has 0 aliphatic carbocycles. The topological polar surface area (TPSA) is 82.9 Å². The number of carbonyl (C=O) groups excluding carboxylic acids is 2. The fraction of sp³-hybridized carbons (Fsp3) is 0.393. The van der Waals surface area contributed by atoms with Gasteiger partial charge in [-0.3, -0.25) is 0 Å². The third-order valence-corrected chi connectivity index (χ3v) is 5.91. The molecule has 0 saturated carbocycles. The fourth-order valence-electron chi connectivity index (χ4n) is 4.08. The molecule has 1 fully saturated rings. The number of nitrogens with zero attached hydrogens (tertiary/aromatic N) is 3. The van der Waals surface area contributed by atoms with Crippen molar-refractivity contribution < 1.29 is 23.5 Å². The highest BCUT2D eigenvalue weighted by atomic mass is 19.1. The Hall–Kier alpha value is -3.86. The molecule has 1 saturated heterocycles. The molecule has 0 radical (unpaired) electrons. The molecule has 36 heavy (non-hydrogen) atoms. The van der Waals surface area contributed by atoms with Gasteiger partial charge in [0.1, 0.15) is 11.4 Å². The second kappa shape index (κ2) is 11.7. The number of carbonyl (C=O) groups is 2. The Balaban J connectivity index is 1.83. The zero-order valence-electron chi connectivity index (χ0n) is 21.2. The number of hydrogen-bond donors (Lipinski definition) is 0. The van der Waals surface area contributed by atoms with E-state index in [-0.39, 0.29) is 24.5 Å². The van der Waals surface area contributed by atoms with E-state index in [1.165, 1.54) is 25.3 Å². The van der Waals surface area contributed by atoms with Crippen molar-refractivity contribution >= 4 is 23.8 Å². The number of hydrogen-bond acceptors (Lipinski definition) is 6. The molecule has 3 rings (SSSR count). The molecule has 0 N–H and O–H groups in total. The first-order valence-electron chi connectivity index (χ1n) is 11.9. The Morgan fingerprint density at radius 1 is 1.17 bits per heavy atom. The Morgan fingerprint density at radius 3 is 2.42 bits per heavy atom. The summed E-state index contributed by atoms with van der Waals surface area (Å²) in [6, 6.07) is 14.1. The number of amides is 1. The molecule has 0 aromatic heterocycles. The lowest BCUT2D eigenvalue weighted by atomic mass is 10.0. The monoisotopic (exact) mass is 493 g/mol. The first-order valence-corrected chi connectivity index (χ1v) is 11.9. The average molecular weight is 494 g/mol. The lowest BCUT2D eigenvalue weighted by Crippen LogP contribution is -2.48. The third kappa shape index (κ3) is 7.32. The van der Waals surface area contributed by atoms with Crippen LogP contribution >= 0.6 is 0 Å². The van der Waals surface area contributed by atoms with E-state index in [9.17, 15) is 19.2 Å². The summed E-state index contributed by atoms with van der Waals surface area (Å²) in [5.41, 5.74) is 1.96. The predicted molar refractivity (Wildman–Crippen MR) is 136 cm³/mol. The molecule has 0 spiro atoms. The van der Waals surface area contributed by atoms with Gasteiger partial charge in [0.05, 0.1) is 18.7 Å². The molecule has 190 valence electrons. The van der Waals surface area contributed by atoms with E-state index >= 15 is 0 Å². The van der Waals surface area contributed by atoms with E-state index < -0.39 is 11.6 Å². The normalized spacial score (nSPS) is 14.4. The number of ether oxygens (including phenoxy) is 2. The Morgan fingerprint density at radius 2 is 1.83 bits per heavy atom. The Labute approximate surface area is 211 Å². The van der Waals surface area contributed by atoms with E-state index in [1.54, 1.807) is 17.0 Å². The van der Waals surface area contributed by atoms with Crippen LogP contribution in [-0.4, -0.2) is 48.8 Å². The van der Waals surface area contributed by atoms with E-state index in [2.05, 4.69) is 15.7 Å². The molecule has 7 nitrogen and oxygen atoms in total. The first-order chi connectivity index (χ1) is 17.1. The number of halogens is 1. The standard InChI is InChI=1S/C28H32FN3O4/c1-28(2,3)36-27(34)31-15-13-24(14-16-31)32(19-22-17-21(18-30)7-11-25(22)29)23-9-5-20(6-10-23)8-12-26(33)35-4/h5-12,17,24H,13-16,19H2,1-4H3/b12-8+. The fourth-order valence-corrected chi connectivity index (χ4v) is 4.08. The van der Waals surface area contributed by atoms with Crippen molar-refractivity contribution in [1.82, 2.24) is 4.90 Å². The summed E-state index contributed by atoms with van der Waals surface area (Å²) in [6.45, 7) is 6.84. The van der Waals surface area contributed by atoms with Gasteiger partial charge in [-0.25, -0.2) is 14.0 Å². The molecule has 2 aromatic carbocycles. The highest BCUT2D eigenvalue weighted by Gasteiger charge is 2.30. The van der Waals surface area contributed by atoms with Gasteiger partial charge in [-0.1, -0.05) is 12.1 Å². The molecule has 0 atom stereocenters. The van der Waals surface area contributed by atoms with Gasteiger partial charge in [-0.05, 0) is 75.6 Å². The van der Waals surface area contributed by atoms with Crippen molar-refractivity contribution in [3.05, 3.63) is 71.0 Å². The van der Waals surface area contributed by atoms with Crippen molar-refractivity contribution in [2.45, 2.75) is 51.8 Å². The van der Waals surface area contributed by atoms with Gasteiger partial charge in [-0.2, -0.15) is 5.26 Å². The van der Waals surface area contributed by atoms with Crippen molar-refractivity contribution in [3.8, 4) is 6.07 Å². The molecule has 1 aliphatic heterocycles. The van der Waals surface area contributed by atoms with Crippen molar-refractivity contribution in [1.29, 1.82) is 5.26 Å².